The fourth-order valence-electron chi connectivity index (χ4n) is 2.46. The topological polar surface area (TPSA) is 50.4 Å². The number of hydrogen-bond acceptors (Lipinski definition) is 3. The molecule has 1 aromatic carbocycles. The van der Waals surface area contributed by atoms with E-state index < -0.39 is 6.61 Å². The number of benzene rings is 1. The van der Waals surface area contributed by atoms with E-state index in [9.17, 15) is 13.6 Å². The van der Waals surface area contributed by atoms with Crippen molar-refractivity contribution in [3.63, 3.8) is 0 Å². The molecular formula is C15H20F2N2O2. The van der Waals surface area contributed by atoms with Crippen molar-refractivity contribution < 1.29 is 18.3 Å². The van der Waals surface area contributed by atoms with Gasteiger partial charge in [0, 0.05) is 5.92 Å². The molecule has 0 bridgehead atoms. The van der Waals surface area contributed by atoms with Gasteiger partial charge in [0.25, 0.3) is 0 Å². The van der Waals surface area contributed by atoms with Crippen molar-refractivity contribution in [2.45, 2.75) is 32.4 Å². The Kier molecular flexibility index (Phi) is 5.50. The first-order valence-electron chi connectivity index (χ1n) is 7.12. The molecule has 1 fully saturated rings. The van der Waals surface area contributed by atoms with Gasteiger partial charge in [-0.2, -0.15) is 8.78 Å². The predicted octanol–water partition coefficient (Wildman–Crippen LogP) is 2.46. The molecule has 1 atom stereocenters. The Bertz CT molecular complexity index is 476. The van der Waals surface area contributed by atoms with Crippen LogP contribution in [0.25, 0.3) is 0 Å². The summed E-state index contributed by atoms with van der Waals surface area (Å²) >= 11 is 0. The third-order valence-corrected chi connectivity index (χ3v) is 3.65. The third-order valence-electron chi connectivity index (χ3n) is 3.65. The van der Waals surface area contributed by atoms with Crippen molar-refractivity contribution in [1.82, 2.24) is 10.6 Å². The molecule has 1 saturated heterocycles. The molecule has 0 saturated carbocycles. The van der Waals surface area contributed by atoms with Crippen LogP contribution < -0.4 is 15.4 Å². The zero-order valence-corrected chi connectivity index (χ0v) is 11.9. The summed E-state index contributed by atoms with van der Waals surface area (Å²) in [6.45, 7) is 0.689. The first-order valence-corrected chi connectivity index (χ1v) is 7.12. The lowest BCUT2D eigenvalue weighted by molar-refractivity contribution is -0.126. The summed E-state index contributed by atoms with van der Waals surface area (Å²) in [6.07, 6.45) is 1.65. The number of piperidine rings is 1. The quantitative estimate of drug-likeness (QED) is 0.878. The van der Waals surface area contributed by atoms with Crippen LogP contribution in [0.3, 0.4) is 0 Å². The van der Waals surface area contributed by atoms with Crippen LogP contribution in [0.2, 0.25) is 0 Å². The fourth-order valence-corrected chi connectivity index (χ4v) is 2.46. The van der Waals surface area contributed by atoms with E-state index in [4.69, 9.17) is 0 Å². The van der Waals surface area contributed by atoms with E-state index in [1.807, 2.05) is 6.92 Å². The molecule has 0 spiro atoms. The standard InChI is InChI=1S/C15H20F2N2O2/c1-10(19-14(20)11-5-7-18-8-6-11)12-3-2-4-13(9-12)21-15(16)17/h2-4,9-11,15,18H,5-8H2,1H3,(H,19,20). The largest absolute Gasteiger partial charge is 0.435 e. The fraction of sp³-hybridized carbons (Fsp3) is 0.533. The summed E-state index contributed by atoms with van der Waals surface area (Å²) in [4.78, 5) is 12.2. The van der Waals surface area contributed by atoms with Gasteiger partial charge in [0.1, 0.15) is 5.75 Å². The second kappa shape index (κ2) is 7.36. The Hall–Kier alpha value is -1.69. The van der Waals surface area contributed by atoms with Crippen LogP contribution >= 0.6 is 0 Å². The number of halogens is 2. The van der Waals surface area contributed by atoms with E-state index >= 15 is 0 Å². The second-order valence-corrected chi connectivity index (χ2v) is 5.21. The lowest BCUT2D eigenvalue weighted by atomic mass is 9.96. The van der Waals surface area contributed by atoms with Gasteiger partial charge in [0.15, 0.2) is 0 Å². The molecule has 1 aromatic rings. The molecule has 4 nitrogen and oxygen atoms in total. The number of ether oxygens (including phenoxy) is 1. The van der Waals surface area contributed by atoms with Crippen molar-refractivity contribution in [1.29, 1.82) is 0 Å². The van der Waals surface area contributed by atoms with Gasteiger partial charge in [-0.25, -0.2) is 0 Å². The van der Waals surface area contributed by atoms with E-state index in [1.54, 1.807) is 12.1 Å². The number of carbonyl (C=O) groups excluding carboxylic acids is 1. The minimum Gasteiger partial charge on any atom is -0.435 e. The van der Waals surface area contributed by atoms with Crippen molar-refractivity contribution in [2.75, 3.05) is 13.1 Å². The van der Waals surface area contributed by atoms with Crippen LogP contribution in [0, 0.1) is 5.92 Å². The first kappa shape index (κ1) is 15.7. The summed E-state index contributed by atoms with van der Waals surface area (Å²) < 4.78 is 28.8. The lowest BCUT2D eigenvalue weighted by Crippen LogP contribution is -2.39. The highest BCUT2D eigenvalue weighted by atomic mass is 19.3. The first-order chi connectivity index (χ1) is 10.1. The van der Waals surface area contributed by atoms with Gasteiger partial charge >= 0.3 is 6.61 Å². The van der Waals surface area contributed by atoms with E-state index in [1.165, 1.54) is 12.1 Å². The number of amides is 1. The maximum Gasteiger partial charge on any atom is 0.387 e. The SMILES string of the molecule is CC(NC(=O)C1CCNCC1)c1cccc(OC(F)F)c1. The van der Waals surface area contributed by atoms with Crippen molar-refractivity contribution in [3.8, 4) is 5.75 Å². The molecule has 1 aliphatic heterocycles. The van der Waals surface area contributed by atoms with Crippen LogP contribution in [0.4, 0.5) is 8.78 Å². The van der Waals surface area contributed by atoms with E-state index in [2.05, 4.69) is 15.4 Å². The molecule has 1 heterocycles. The third kappa shape index (κ3) is 4.67. The predicted molar refractivity (Wildman–Crippen MR) is 75.2 cm³/mol. The zero-order valence-electron chi connectivity index (χ0n) is 11.9. The van der Waals surface area contributed by atoms with Gasteiger partial charge in [-0.15, -0.1) is 0 Å². The van der Waals surface area contributed by atoms with Crippen LogP contribution in [0.5, 0.6) is 5.75 Å². The number of nitrogens with one attached hydrogen (secondary N) is 2. The molecule has 2 rings (SSSR count). The summed E-state index contributed by atoms with van der Waals surface area (Å²) in [5.41, 5.74) is 0.746. The van der Waals surface area contributed by atoms with Gasteiger partial charge < -0.3 is 15.4 Å². The maximum atomic E-state index is 12.2. The summed E-state index contributed by atoms with van der Waals surface area (Å²) in [7, 11) is 0. The Morgan fingerprint density at radius 1 is 1.38 bits per heavy atom. The molecule has 0 aromatic heterocycles. The van der Waals surface area contributed by atoms with Crippen LogP contribution in [0.15, 0.2) is 24.3 Å². The molecule has 21 heavy (non-hydrogen) atoms. The number of alkyl halides is 2. The minimum absolute atomic E-state index is 0.0178. The van der Waals surface area contributed by atoms with E-state index in [0.717, 1.165) is 31.5 Å². The number of rotatable bonds is 5. The minimum atomic E-state index is -2.85. The van der Waals surface area contributed by atoms with Gasteiger partial charge in [0.2, 0.25) is 5.91 Å². The van der Waals surface area contributed by atoms with Gasteiger partial charge in [-0.05, 0) is 50.6 Å². The highest BCUT2D eigenvalue weighted by molar-refractivity contribution is 5.79. The zero-order chi connectivity index (χ0) is 15.2. The molecule has 1 unspecified atom stereocenters. The van der Waals surface area contributed by atoms with Crippen LogP contribution in [0.1, 0.15) is 31.4 Å². The average molecular weight is 298 g/mol. The molecule has 1 aliphatic rings. The van der Waals surface area contributed by atoms with Crippen molar-refractivity contribution in [3.05, 3.63) is 29.8 Å². The number of carbonyl (C=O) groups is 1. The summed E-state index contributed by atoms with van der Waals surface area (Å²) in [5, 5.41) is 6.15. The molecular weight excluding hydrogens is 278 g/mol. The molecule has 0 radical (unpaired) electrons. The summed E-state index contributed by atoms with van der Waals surface area (Å²) in [6, 6.07) is 6.18. The lowest BCUT2D eigenvalue weighted by Gasteiger charge is -2.24. The normalized spacial score (nSPS) is 17.5. The van der Waals surface area contributed by atoms with Crippen LogP contribution in [-0.4, -0.2) is 25.6 Å². The van der Waals surface area contributed by atoms with Crippen molar-refractivity contribution >= 4 is 5.91 Å². The van der Waals surface area contributed by atoms with Crippen molar-refractivity contribution in [2.24, 2.45) is 5.92 Å². The molecule has 0 aliphatic carbocycles. The highest BCUT2D eigenvalue weighted by Crippen LogP contribution is 2.21. The Balaban J connectivity index is 1.95. The average Bonchev–Trinajstić information content (AvgIpc) is 2.47. The molecule has 1 amide bonds. The van der Waals surface area contributed by atoms with Gasteiger partial charge in [0.05, 0.1) is 6.04 Å². The molecule has 6 heteroatoms. The Morgan fingerprint density at radius 2 is 2.10 bits per heavy atom. The van der Waals surface area contributed by atoms with Gasteiger partial charge in [-0.1, -0.05) is 12.1 Å². The van der Waals surface area contributed by atoms with E-state index in [0.29, 0.717) is 0 Å². The highest BCUT2D eigenvalue weighted by Gasteiger charge is 2.22. The van der Waals surface area contributed by atoms with Gasteiger partial charge in [-0.3, -0.25) is 4.79 Å². The summed E-state index contributed by atoms with van der Waals surface area (Å²) in [5.74, 6) is 0.142. The Morgan fingerprint density at radius 3 is 2.76 bits per heavy atom. The maximum absolute atomic E-state index is 12.2. The molecule has 116 valence electrons. The Labute approximate surface area is 122 Å². The monoisotopic (exact) mass is 298 g/mol. The molecule has 2 N–H and O–H groups in total. The second-order valence-electron chi connectivity index (χ2n) is 5.21. The number of hydrogen-bond donors (Lipinski definition) is 2. The smallest absolute Gasteiger partial charge is 0.387 e. The van der Waals surface area contributed by atoms with Crippen LogP contribution in [-0.2, 0) is 4.79 Å². The van der Waals surface area contributed by atoms with E-state index in [-0.39, 0.29) is 23.6 Å².